The first-order valence-corrected chi connectivity index (χ1v) is 13.7. The Morgan fingerprint density at radius 3 is 2.26 bits per heavy atom. The molecule has 3 aromatic carbocycles. The molecule has 1 N–H and O–H groups in total. The molecule has 38 heavy (non-hydrogen) atoms. The van der Waals surface area contributed by atoms with Gasteiger partial charge in [-0.2, -0.15) is 0 Å². The molecule has 2 saturated carbocycles. The summed E-state index contributed by atoms with van der Waals surface area (Å²) in [5.74, 6) is 1.89. The van der Waals surface area contributed by atoms with Crippen LogP contribution in [-0.4, -0.2) is 23.8 Å². The third-order valence-corrected chi connectivity index (χ3v) is 8.28. The zero-order valence-electron chi connectivity index (χ0n) is 22.2. The Labute approximate surface area is 224 Å². The first-order valence-electron chi connectivity index (χ1n) is 13.7. The van der Waals surface area contributed by atoms with Crippen LogP contribution in [0, 0.1) is 12.8 Å². The Kier molecular flexibility index (Phi) is 6.30. The molecule has 2 aliphatic carbocycles. The number of esters is 1. The number of nitrogens with zero attached hydrogens (tertiary/aromatic N) is 1. The summed E-state index contributed by atoms with van der Waals surface area (Å²) in [6.07, 6.45) is 2.92. The van der Waals surface area contributed by atoms with Crippen molar-refractivity contribution in [3.8, 4) is 22.5 Å². The summed E-state index contributed by atoms with van der Waals surface area (Å²) in [6, 6.07) is 27.8. The predicted molar refractivity (Wildman–Crippen MR) is 150 cm³/mol. The van der Waals surface area contributed by atoms with Gasteiger partial charge in [-0.1, -0.05) is 84.0 Å². The molecule has 4 aromatic rings. The number of aromatic nitrogens is 1. The van der Waals surface area contributed by atoms with E-state index in [1.165, 1.54) is 12.0 Å². The average Bonchev–Trinajstić information content (AvgIpc) is 3.88. The lowest BCUT2D eigenvalue weighted by Gasteiger charge is -2.16. The highest BCUT2D eigenvalue weighted by Crippen LogP contribution is 2.51. The molecule has 1 aromatic heterocycles. The maximum Gasteiger partial charge on any atom is 0.316 e. The van der Waals surface area contributed by atoms with Gasteiger partial charge in [0.1, 0.15) is 11.4 Å². The van der Waals surface area contributed by atoms with Crippen LogP contribution in [0.1, 0.15) is 55.8 Å². The zero-order valence-corrected chi connectivity index (χ0v) is 22.2. The molecule has 2 aliphatic rings. The quantitative estimate of drug-likeness (QED) is 0.238. The molecule has 3 atom stereocenters. The molecule has 1 unspecified atom stereocenters. The predicted octanol–water partition coefficient (Wildman–Crippen LogP) is 7.52. The van der Waals surface area contributed by atoms with Gasteiger partial charge < -0.3 is 14.6 Å². The van der Waals surface area contributed by atoms with Crippen LogP contribution in [0.15, 0.2) is 83.4 Å². The van der Waals surface area contributed by atoms with Crippen molar-refractivity contribution >= 4 is 11.7 Å². The van der Waals surface area contributed by atoms with Gasteiger partial charge in [0.15, 0.2) is 5.76 Å². The molecule has 5 heteroatoms. The smallest absolute Gasteiger partial charge is 0.316 e. The summed E-state index contributed by atoms with van der Waals surface area (Å²) in [7, 11) is 0. The van der Waals surface area contributed by atoms with E-state index in [0.717, 1.165) is 52.2 Å². The Balaban J connectivity index is 1.16. The third-order valence-electron chi connectivity index (χ3n) is 8.28. The fraction of sp³-hybridized carbons (Fsp3) is 0.333. The Bertz CT molecular complexity index is 1420. The van der Waals surface area contributed by atoms with Crippen molar-refractivity contribution in [3.63, 3.8) is 0 Å². The second-order valence-corrected chi connectivity index (χ2v) is 10.8. The van der Waals surface area contributed by atoms with Crippen LogP contribution < -0.4 is 5.32 Å². The second-order valence-electron chi connectivity index (χ2n) is 10.8. The molecule has 1 heterocycles. The van der Waals surface area contributed by atoms with E-state index < -0.39 is 5.41 Å². The topological polar surface area (TPSA) is 64.4 Å². The molecule has 0 amide bonds. The number of rotatable bonds is 9. The molecule has 6 rings (SSSR count). The van der Waals surface area contributed by atoms with Crippen molar-refractivity contribution in [3.05, 3.63) is 95.7 Å². The normalized spacial score (nSPS) is 20.0. The van der Waals surface area contributed by atoms with Gasteiger partial charge in [-0.05, 0) is 74.1 Å². The number of hydrogen-bond donors (Lipinski definition) is 1. The van der Waals surface area contributed by atoms with E-state index in [4.69, 9.17) is 9.26 Å². The fourth-order valence-corrected chi connectivity index (χ4v) is 5.72. The van der Waals surface area contributed by atoms with Crippen molar-refractivity contribution in [2.45, 2.75) is 57.4 Å². The highest BCUT2D eigenvalue weighted by atomic mass is 16.5. The van der Waals surface area contributed by atoms with E-state index in [1.54, 1.807) is 0 Å². The summed E-state index contributed by atoms with van der Waals surface area (Å²) in [5.41, 5.74) is 7.10. The Morgan fingerprint density at radius 1 is 1.00 bits per heavy atom. The number of carbonyl (C=O) groups is 1. The standard InChI is InChI=1S/C33H34N2O3/c1-4-37-32(36)33(18-19-33)27-16-14-24(15-17-27)23-10-12-26(13-11-23)31-30(22(3)35-38-31)34-21(2)28-20-29(28)25-8-6-5-7-9-25/h5-17,21,28-29,34H,4,18-20H2,1-3H3/t21?,28-,29-/m0/s1. The fourth-order valence-electron chi connectivity index (χ4n) is 5.72. The van der Waals surface area contributed by atoms with Gasteiger partial charge in [0.25, 0.3) is 0 Å². The largest absolute Gasteiger partial charge is 0.465 e. The van der Waals surface area contributed by atoms with Gasteiger partial charge >= 0.3 is 5.97 Å². The van der Waals surface area contributed by atoms with E-state index in [2.05, 4.69) is 96.3 Å². The van der Waals surface area contributed by atoms with Crippen LogP contribution in [0.5, 0.6) is 0 Å². The van der Waals surface area contributed by atoms with Gasteiger partial charge in [0, 0.05) is 11.6 Å². The number of aryl methyl sites for hydroxylation is 1. The van der Waals surface area contributed by atoms with Gasteiger partial charge in [-0.3, -0.25) is 4.79 Å². The van der Waals surface area contributed by atoms with Crippen molar-refractivity contribution in [1.82, 2.24) is 5.16 Å². The van der Waals surface area contributed by atoms with E-state index in [-0.39, 0.29) is 5.97 Å². The van der Waals surface area contributed by atoms with E-state index >= 15 is 0 Å². The zero-order chi connectivity index (χ0) is 26.3. The van der Waals surface area contributed by atoms with Crippen molar-refractivity contribution in [2.24, 2.45) is 5.92 Å². The number of carbonyl (C=O) groups excluding carboxylic acids is 1. The summed E-state index contributed by atoms with van der Waals surface area (Å²) in [5, 5.41) is 7.99. The Morgan fingerprint density at radius 2 is 1.63 bits per heavy atom. The van der Waals surface area contributed by atoms with E-state index in [1.807, 2.05) is 13.8 Å². The molecule has 194 valence electrons. The van der Waals surface area contributed by atoms with Gasteiger partial charge in [0.05, 0.1) is 12.0 Å². The Hall–Kier alpha value is -3.86. The molecule has 0 saturated heterocycles. The molecular formula is C33H34N2O3. The summed E-state index contributed by atoms with van der Waals surface area (Å²) in [4.78, 5) is 12.4. The average molecular weight is 507 g/mol. The van der Waals surface area contributed by atoms with Crippen LogP contribution >= 0.6 is 0 Å². The van der Waals surface area contributed by atoms with Crippen LogP contribution in [0.3, 0.4) is 0 Å². The minimum Gasteiger partial charge on any atom is -0.465 e. The summed E-state index contributed by atoms with van der Waals surface area (Å²) >= 11 is 0. The van der Waals surface area contributed by atoms with Crippen LogP contribution in [-0.2, 0) is 14.9 Å². The minimum absolute atomic E-state index is 0.101. The lowest BCUT2D eigenvalue weighted by Crippen LogP contribution is -2.23. The van der Waals surface area contributed by atoms with Gasteiger partial charge in [-0.15, -0.1) is 0 Å². The first-order chi connectivity index (χ1) is 18.5. The third kappa shape index (κ3) is 4.51. The van der Waals surface area contributed by atoms with Crippen molar-refractivity contribution in [2.75, 3.05) is 11.9 Å². The van der Waals surface area contributed by atoms with Crippen molar-refractivity contribution in [1.29, 1.82) is 0 Å². The molecule has 0 spiro atoms. The van der Waals surface area contributed by atoms with Gasteiger partial charge in [0.2, 0.25) is 0 Å². The van der Waals surface area contributed by atoms with E-state index in [9.17, 15) is 4.79 Å². The molecular weight excluding hydrogens is 472 g/mol. The maximum atomic E-state index is 12.4. The maximum absolute atomic E-state index is 12.4. The summed E-state index contributed by atoms with van der Waals surface area (Å²) < 4.78 is 11.1. The first kappa shape index (κ1) is 24.5. The van der Waals surface area contributed by atoms with Crippen molar-refractivity contribution < 1.29 is 14.1 Å². The molecule has 0 aliphatic heterocycles. The SMILES string of the molecule is CCOC(=O)C1(c2ccc(-c3ccc(-c4onc(C)c4NC(C)[C@@H]4C[C@H]4c4ccccc4)cc3)cc2)CC1. The van der Waals surface area contributed by atoms with Crippen LogP contribution in [0.25, 0.3) is 22.5 Å². The molecule has 2 fully saturated rings. The molecule has 0 bridgehead atoms. The monoisotopic (exact) mass is 506 g/mol. The highest BCUT2D eigenvalue weighted by Gasteiger charge is 2.52. The molecule has 5 nitrogen and oxygen atoms in total. The number of nitrogens with one attached hydrogen (secondary N) is 1. The van der Waals surface area contributed by atoms with Crippen LogP contribution in [0.4, 0.5) is 5.69 Å². The van der Waals surface area contributed by atoms with Gasteiger partial charge in [-0.25, -0.2) is 0 Å². The highest BCUT2D eigenvalue weighted by molar-refractivity contribution is 5.87. The lowest BCUT2D eigenvalue weighted by atomic mass is 9.93. The number of hydrogen-bond acceptors (Lipinski definition) is 5. The minimum atomic E-state index is -0.440. The lowest BCUT2D eigenvalue weighted by molar-refractivity contribution is -0.146. The molecule has 0 radical (unpaired) electrons. The number of ether oxygens (including phenoxy) is 1. The number of benzene rings is 3. The number of anilines is 1. The van der Waals surface area contributed by atoms with Crippen LogP contribution in [0.2, 0.25) is 0 Å². The van der Waals surface area contributed by atoms with E-state index in [0.29, 0.717) is 24.5 Å². The summed E-state index contributed by atoms with van der Waals surface area (Å²) in [6.45, 7) is 6.52. The second kappa shape index (κ2) is 9.79.